The van der Waals surface area contributed by atoms with Crippen molar-refractivity contribution >= 4 is 11.8 Å². The van der Waals surface area contributed by atoms with Gasteiger partial charge in [-0.15, -0.1) is 0 Å². The van der Waals surface area contributed by atoms with E-state index in [1.165, 1.54) is 12.8 Å². The maximum Gasteiger partial charge on any atom is 0.225 e. The number of hydrogen-bond donors (Lipinski definition) is 0. The average Bonchev–Trinajstić information content (AvgIpc) is 2.97. The van der Waals surface area contributed by atoms with Gasteiger partial charge in [0.25, 0.3) is 0 Å². The predicted molar refractivity (Wildman–Crippen MR) is 94.3 cm³/mol. The highest BCUT2D eigenvalue weighted by Crippen LogP contribution is 2.35. The topological polar surface area (TPSA) is 58.0 Å². The van der Waals surface area contributed by atoms with Crippen molar-refractivity contribution < 1.29 is 0 Å². The number of anilines is 2. The number of aromatic nitrogens is 4. The first-order chi connectivity index (χ1) is 11.6. The van der Waals surface area contributed by atoms with E-state index >= 15 is 0 Å². The van der Waals surface area contributed by atoms with Crippen LogP contribution in [-0.4, -0.2) is 45.6 Å². The largest absolute Gasteiger partial charge is 0.351 e. The zero-order valence-corrected chi connectivity index (χ0v) is 14.6. The van der Waals surface area contributed by atoms with Crippen LogP contribution in [0.3, 0.4) is 0 Å². The number of hydrogen-bond acceptors (Lipinski definition) is 6. The second-order valence-corrected chi connectivity index (χ2v) is 6.96. The fraction of sp³-hybridized carbons (Fsp3) is 0.556. The standard InChI is InChI=1S/C18H24N6/c1-12-4-7-19-18(21-12)23-8-5-15-6-9-24(16(15)11-23)17-10-13(2)20-14(3)22-17/h4,7,10,15-16H,5-6,8-9,11H2,1-3H3. The van der Waals surface area contributed by atoms with Gasteiger partial charge in [-0.25, -0.2) is 19.9 Å². The van der Waals surface area contributed by atoms with E-state index in [4.69, 9.17) is 0 Å². The fourth-order valence-electron chi connectivity index (χ4n) is 4.04. The molecule has 4 rings (SSSR count). The fourth-order valence-corrected chi connectivity index (χ4v) is 4.04. The summed E-state index contributed by atoms with van der Waals surface area (Å²) in [6.07, 6.45) is 4.30. The van der Waals surface area contributed by atoms with Gasteiger partial charge in [-0.3, -0.25) is 0 Å². The molecule has 2 aliphatic heterocycles. The zero-order valence-electron chi connectivity index (χ0n) is 14.6. The SMILES string of the molecule is Cc1cc(N2CCC3CCN(c4nccc(C)n4)CC32)nc(C)n1. The first kappa shape index (κ1) is 15.3. The Morgan fingerprint density at radius 3 is 2.62 bits per heavy atom. The van der Waals surface area contributed by atoms with E-state index in [0.717, 1.165) is 54.5 Å². The van der Waals surface area contributed by atoms with E-state index in [2.05, 4.69) is 35.8 Å². The number of nitrogens with zero attached hydrogens (tertiary/aromatic N) is 6. The van der Waals surface area contributed by atoms with Crippen LogP contribution >= 0.6 is 0 Å². The lowest BCUT2D eigenvalue weighted by Crippen LogP contribution is -2.49. The molecule has 2 unspecified atom stereocenters. The third-order valence-electron chi connectivity index (χ3n) is 5.17. The highest BCUT2D eigenvalue weighted by atomic mass is 15.3. The molecule has 0 aromatic carbocycles. The minimum atomic E-state index is 0.483. The van der Waals surface area contributed by atoms with Crippen LogP contribution in [0.15, 0.2) is 18.3 Å². The van der Waals surface area contributed by atoms with Gasteiger partial charge in [0.2, 0.25) is 5.95 Å². The molecule has 2 aromatic rings. The smallest absolute Gasteiger partial charge is 0.225 e. The van der Waals surface area contributed by atoms with E-state index in [9.17, 15) is 0 Å². The van der Waals surface area contributed by atoms with Gasteiger partial charge in [-0.2, -0.15) is 0 Å². The van der Waals surface area contributed by atoms with E-state index in [0.29, 0.717) is 6.04 Å². The van der Waals surface area contributed by atoms with Gasteiger partial charge in [-0.05, 0) is 45.6 Å². The van der Waals surface area contributed by atoms with Crippen LogP contribution in [0.1, 0.15) is 30.1 Å². The number of piperidine rings is 1. The molecule has 2 fully saturated rings. The molecule has 2 aliphatic rings. The Bertz CT molecular complexity index is 726. The third-order valence-corrected chi connectivity index (χ3v) is 5.17. The molecule has 6 heteroatoms. The molecule has 2 aromatic heterocycles. The first-order valence-electron chi connectivity index (χ1n) is 8.73. The predicted octanol–water partition coefficient (Wildman–Crippen LogP) is 2.30. The minimum Gasteiger partial charge on any atom is -0.351 e. The second-order valence-electron chi connectivity index (χ2n) is 6.96. The van der Waals surface area contributed by atoms with Crippen LogP contribution in [0.2, 0.25) is 0 Å². The Morgan fingerprint density at radius 2 is 1.83 bits per heavy atom. The molecule has 2 atom stereocenters. The number of rotatable bonds is 2. The summed E-state index contributed by atoms with van der Waals surface area (Å²) in [6.45, 7) is 9.12. The Kier molecular flexibility index (Phi) is 3.82. The minimum absolute atomic E-state index is 0.483. The van der Waals surface area contributed by atoms with E-state index in [1.54, 1.807) is 0 Å². The highest BCUT2D eigenvalue weighted by Gasteiger charge is 2.39. The van der Waals surface area contributed by atoms with Gasteiger partial charge < -0.3 is 9.80 Å². The summed E-state index contributed by atoms with van der Waals surface area (Å²) < 4.78 is 0. The molecule has 24 heavy (non-hydrogen) atoms. The normalized spacial score (nSPS) is 23.5. The highest BCUT2D eigenvalue weighted by molar-refractivity contribution is 5.45. The van der Waals surface area contributed by atoms with Crippen molar-refractivity contribution in [3.05, 3.63) is 35.5 Å². The lowest BCUT2D eigenvalue weighted by Gasteiger charge is -2.39. The van der Waals surface area contributed by atoms with Crippen molar-refractivity contribution in [2.45, 2.75) is 39.7 Å². The van der Waals surface area contributed by atoms with Crippen molar-refractivity contribution in [3.8, 4) is 0 Å². The quantitative estimate of drug-likeness (QED) is 0.845. The molecule has 0 amide bonds. The van der Waals surface area contributed by atoms with Gasteiger partial charge >= 0.3 is 0 Å². The van der Waals surface area contributed by atoms with Crippen molar-refractivity contribution in [2.24, 2.45) is 5.92 Å². The first-order valence-corrected chi connectivity index (χ1v) is 8.73. The van der Waals surface area contributed by atoms with Crippen LogP contribution in [0.4, 0.5) is 11.8 Å². The molecule has 126 valence electrons. The number of aryl methyl sites for hydroxylation is 3. The lowest BCUT2D eigenvalue weighted by molar-refractivity contribution is 0.386. The Balaban J connectivity index is 1.59. The Labute approximate surface area is 143 Å². The molecule has 0 radical (unpaired) electrons. The molecule has 0 bridgehead atoms. The van der Waals surface area contributed by atoms with Crippen molar-refractivity contribution in [3.63, 3.8) is 0 Å². The zero-order chi connectivity index (χ0) is 16.7. The molecule has 6 nitrogen and oxygen atoms in total. The van der Waals surface area contributed by atoms with Crippen molar-refractivity contribution in [1.82, 2.24) is 19.9 Å². The number of fused-ring (bicyclic) bond motifs is 1. The molecule has 0 aliphatic carbocycles. The van der Waals surface area contributed by atoms with E-state index in [1.807, 2.05) is 33.0 Å². The molecule has 0 spiro atoms. The van der Waals surface area contributed by atoms with E-state index in [-0.39, 0.29) is 0 Å². The summed E-state index contributed by atoms with van der Waals surface area (Å²) in [5.41, 5.74) is 2.06. The van der Waals surface area contributed by atoms with Crippen molar-refractivity contribution in [2.75, 3.05) is 29.4 Å². The summed E-state index contributed by atoms with van der Waals surface area (Å²) >= 11 is 0. The van der Waals surface area contributed by atoms with Gasteiger partial charge in [0, 0.05) is 43.3 Å². The van der Waals surface area contributed by atoms with Gasteiger partial charge in [0.05, 0.1) is 6.04 Å². The van der Waals surface area contributed by atoms with Crippen LogP contribution in [0.5, 0.6) is 0 Å². The summed E-state index contributed by atoms with van der Waals surface area (Å²) in [5.74, 6) is 3.51. The van der Waals surface area contributed by atoms with Crippen LogP contribution in [0, 0.1) is 26.7 Å². The molecule has 0 saturated carbocycles. The van der Waals surface area contributed by atoms with Crippen LogP contribution in [0.25, 0.3) is 0 Å². The Hall–Kier alpha value is -2.24. The third kappa shape index (κ3) is 2.81. The molecule has 2 saturated heterocycles. The van der Waals surface area contributed by atoms with Gasteiger partial charge in [-0.1, -0.05) is 0 Å². The molecule has 0 N–H and O–H groups in total. The lowest BCUT2D eigenvalue weighted by atomic mass is 9.92. The van der Waals surface area contributed by atoms with E-state index < -0.39 is 0 Å². The maximum absolute atomic E-state index is 4.68. The summed E-state index contributed by atoms with van der Waals surface area (Å²) in [6, 6.07) is 4.54. The van der Waals surface area contributed by atoms with Gasteiger partial charge in [0.15, 0.2) is 0 Å². The Morgan fingerprint density at radius 1 is 1.00 bits per heavy atom. The second kappa shape index (κ2) is 6.00. The van der Waals surface area contributed by atoms with Crippen molar-refractivity contribution in [1.29, 1.82) is 0 Å². The molecule has 4 heterocycles. The maximum atomic E-state index is 4.68. The summed E-state index contributed by atoms with van der Waals surface area (Å²) in [4.78, 5) is 23.0. The molecular weight excluding hydrogens is 300 g/mol. The summed E-state index contributed by atoms with van der Waals surface area (Å²) in [5, 5.41) is 0. The monoisotopic (exact) mass is 324 g/mol. The van der Waals surface area contributed by atoms with Gasteiger partial charge in [0.1, 0.15) is 11.6 Å². The summed E-state index contributed by atoms with van der Waals surface area (Å²) in [7, 11) is 0. The van der Waals surface area contributed by atoms with Crippen LogP contribution in [-0.2, 0) is 0 Å². The van der Waals surface area contributed by atoms with Crippen LogP contribution < -0.4 is 9.80 Å². The molecular formula is C18H24N6. The average molecular weight is 324 g/mol.